The van der Waals surface area contributed by atoms with Crippen molar-refractivity contribution in [3.8, 4) is 0 Å². The number of carbonyl (C=O) groups is 4. The Morgan fingerprint density at radius 2 is 0.770 bits per heavy atom. The highest BCUT2D eigenvalue weighted by Gasteiger charge is 2.50. The molecule has 2 unspecified atom stereocenters. The van der Waals surface area contributed by atoms with Crippen LogP contribution >= 0.6 is 0 Å². The maximum Gasteiger partial charge on any atom is 0.340 e. The van der Waals surface area contributed by atoms with Crippen molar-refractivity contribution in [2.45, 2.75) is 31.3 Å². The number of Topliss-reactive ketones (excluding diaryl/α,β-unsaturated/α-hetero) is 2. The fourth-order valence-corrected chi connectivity index (χ4v) is 6.79. The van der Waals surface area contributed by atoms with Crippen molar-refractivity contribution in [1.29, 1.82) is 0 Å². The lowest BCUT2D eigenvalue weighted by molar-refractivity contribution is -0.141. The number of ketones is 2. The van der Waals surface area contributed by atoms with Crippen LogP contribution in [0.3, 0.4) is 0 Å². The monoisotopic (exact) mass is 828 g/mol. The summed E-state index contributed by atoms with van der Waals surface area (Å²) < 4.78 is 53.7. The third-order valence-electron chi connectivity index (χ3n) is 9.56. The van der Waals surface area contributed by atoms with Crippen molar-refractivity contribution in [3.05, 3.63) is 191 Å². The largest absolute Gasteiger partial charge is 0.479 e. The maximum atomic E-state index is 13.4. The molecule has 0 bridgehead atoms. The van der Waals surface area contributed by atoms with E-state index in [1.165, 1.54) is 111 Å². The Hall–Kier alpha value is -7.74. The Kier molecular flexibility index (Phi) is 12.7. The Morgan fingerprint density at radius 1 is 0.475 bits per heavy atom. The molecule has 0 spiro atoms. The van der Waals surface area contributed by atoms with Crippen LogP contribution in [0.4, 0.5) is 40.3 Å². The Balaban J connectivity index is 0.000000177. The molecule has 2 heterocycles. The van der Waals surface area contributed by atoms with Crippen molar-refractivity contribution < 1.29 is 47.0 Å². The van der Waals surface area contributed by atoms with Crippen molar-refractivity contribution in [3.63, 3.8) is 0 Å². The van der Waals surface area contributed by atoms with E-state index in [1.54, 1.807) is 48.5 Å². The summed E-state index contributed by atoms with van der Waals surface area (Å²) in [5.74, 6) is -4.36. The topological polar surface area (TPSA) is 158 Å². The quantitative estimate of drug-likeness (QED) is 0.0873. The van der Waals surface area contributed by atoms with Gasteiger partial charge in [0.05, 0.1) is 40.6 Å². The zero-order chi connectivity index (χ0) is 43.9. The number of aliphatic imine (C=N–C) groups is 2. The van der Waals surface area contributed by atoms with E-state index in [4.69, 9.17) is 0 Å². The van der Waals surface area contributed by atoms with Crippen LogP contribution in [0.5, 0.6) is 0 Å². The molecule has 2 aliphatic heterocycles. The lowest BCUT2D eigenvalue weighted by atomic mass is 9.80. The molecule has 0 saturated carbocycles. The van der Waals surface area contributed by atoms with E-state index in [2.05, 4.69) is 20.6 Å². The van der Waals surface area contributed by atoms with E-state index >= 15 is 0 Å². The maximum absolute atomic E-state index is 13.4. The average Bonchev–Trinajstić information content (AvgIpc) is 3.23. The summed E-state index contributed by atoms with van der Waals surface area (Å²) in [7, 11) is 0. The second kappa shape index (κ2) is 18.0. The van der Waals surface area contributed by atoms with Crippen molar-refractivity contribution in [1.82, 2.24) is 0 Å². The predicted molar refractivity (Wildman–Crippen MR) is 223 cm³/mol. The number of carboxylic acids is 2. The van der Waals surface area contributed by atoms with Gasteiger partial charge in [-0.3, -0.25) is 9.59 Å². The summed E-state index contributed by atoms with van der Waals surface area (Å²) in [6.45, 7) is 2.81. The molecule has 6 aromatic rings. The van der Waals surface area contributed by atoms with Crippen molar-refractivity contribution >= 4 is 57.7 Å². The van der Waals surface area contributed by atoms with E-state index in [0.29, 0.717) is 45.0 Å². The first-order valence-electron chi connectivity index (χ1n) is 18.6. The third-order valence-corrected chi connectivity index (χ3v) is 9.56. The molecule has 0 aromatic heterocycles. The number of para-hydroxylation sites is 4. The smallest absolute Gasteiger partial charge is 0.340 e. The number of benzene rings is 6. The molecule has 61 heavy (non-hydrogen) atoms. The molecule has 308 valence electrons. The number of hydrogen-bond acceptors (Lipinski definition) is 8. The van der Waals surface area contributed by atoms with Gasteiger partial charge in [-0.05, 0) is 109 Å². The van der Waals surface area contributed by atoms with Gasteiger partial charge in [0, 0.05) is 0 Å². The van der Waals surface area contributed by atoms with Crippen LogP contribution in [-0.2, 0) is 30.3 Å². The number of hydrogen-bond donors (Lipinski definition) is 4. The summed E-state index contributed by atoms with van der Waals surface area (Å²) in [6.07, 6.45) is 0.0833. The van der Waals surface area contributed by atoms with Gasteiger partial charge in [0.25, 0.3) is 0 Å². The van der Waals surface area contributed by atoms with E-state index in [0.717, 1.165) is 0 Å². The first-order chi connectivity index (χ1) is 29.1. The molecule has 0 fully saturated rings. The predicted octanol–water partition coefficient (Wildman–Crippen LogP) is 9.54. The van der Waals surface area contributed by atoms with Crippen LogP contribution in [-0.4, -0.2) is 45.1 Å². The number of nitrogens with zero attached hydrogens (tertiary/aromatic N) is 2. The van der Waals surface area contributed by atoms with Gasteiger partial charge < -0.3 is 20.8 Å². The standard InChI is InChI=1S/2C21H14F2N2O2.C5H8O2/c2*22-15-9-5-13(6-10-15)19-21(20(26)27,14-7-11-16(23)12-8-14)25-18-4-2-1-3-17(18)24-19;1-4(6)3-5(2)7/h2*1-12,25H,(H,26,27);3H2,1-2H3. The minimum atomic E-state index is -1.75. The Labute approximate surface area is 347 Å². The summed E-state index contributed by atoms with van der Waals surface area (Å²) in [6, 6.07) is 35.4. The summed E-state index contributed by atoms with van der Waals surface area (Å²) in [5.41, 5.74) is 0.621. The average molecular weight is 829 g/mol. The molecule has 6 aromatic carbocycles. The van der Waals surface area contributed by atoms with E-state index in [-0.39, 0.29) is 29.4 Å². The highest BCUT2D eigenvalue weighted by Crippen LogP contribution is 2.42. The van der Waals surface area contributed by atoms with Crippen LogP contribution < -0.4 is 10.6 Å². The SMILES string of the molecule is CC(=O)CC(C)=O.O=C(O)C1(c2ccc(F)cc2)Nc2ccccc2N=C1c1ccc(F)cc1.O=C(O)C1(c2ccc(F)cc2)Nc2ccccc2N=C1c1ccc(F)cc1. The zero-order valence-electron chi connectivity index (χ0n) is 32.5. The van der Waals surface area contributed by atoms with Crippen LogP contribution in [0.2, 0.25) is 0 Å². The van der Waals surface area contributed by atoms with Crippen LogP contribution in [0.15, 0.2) is 156 Å². The molecule has 0 amide bonds. The van der Waals surface area contributed by atoms with Gasteiger partial charge >= 0.3 is 11.9 Å². The number of fused-ring (bicyclic) bond motifs is 2. The molecule has 0 saturated heterocycles. The van der Waals surface area contributed by atoms with Gasteiger partial charge in [0.2, 0.25) is 11.1 Å². The van der Waals surface area contributed by atoms with Gasteiger partial charge in [0.1, 0.15) is 34.8 Å². The fourth-order valence-electron chi connectivity index (χ4n) is 6.79. The number of halogens is 4. The second-order valence-corrected chi connectivity index (χ2v) is 13.9. The number of nitrogens with one attached hydrogen (secondary N) is 2. The second-order valence-electron chi connectivity index (χ2n) is 13.9. The molecule has 10 nitrogen and oxygen atoms in total. The van der Waals surface area contributed by atoms with Crippen molar-refractivity contribution in [2.24, 2.45) is 9.98 Å². The minimum absolute atomic E-state index is 0.0625. The highest BCUT2D eigenvalue weighted by molar-refractivity contribution is 6.24. The van der Waals surface area contributed by atoms with Crippen LogP contribution in [0.1, 0.15) is 42.5 Å². The van der Waals surface area contributed by atoms with Crippen LogP contribution in [0, 0.1) is 23.3 Å². The number of rotatable bonds is 8. The highest BCUT2D eigenvalue weighted by atomic mass is 19.1. The summed E-state index contributed by atoms with van der Waals surface area (Å²) in [4.78, 5) is 54.2. The minimum Gasteiger partial charge on any atom is -0.479 e. The molecular weight excluding hydrogens is 793 g/mol. The molecule has 4 N–H and O–H groups in total. The van der Waals surface area contributed by atoms with E-state index in [9.17, 15) is 47.0 Å². The Bertz CT molecular complexity index is 2490. The first kappa shape index (κ1) is 42.9. The summed E-state index contributed by atoms with van der Waals surface area (Å²) >= 11 is 0. The number of carboxylic acid groups (broad SMARTS) is 2. The lowest BCUT2D eigenvalue weighted by Gasteiger charge is -2.37. The lowest BCUT2D eigenvalue weighted by Crippen LogP contribution is -2.52. The molecule has 2 aliphatic rings. The van der Waals surface area contributed by atoms with Gasteiger partial charge in [-0.15, -0.1) is 0 Å². The van der Waals surface area contributed by atoms with Gasteiger partial charge in [-0.1, -0.05) is 72.8 Å². The van der Waals surface area contributed by atoms with Crippen molar-refractivity contribution in [2.75, 3.05) is 10.6 Å². The van der Waals surface area contributed by atoms with E-state index in [1.807, 2.05) is 0 Å². The summed E-state index contributed by atoms with van der Waals surface area (Å²) in [5, 5.41) is 26.5. The molecule has 8 rings (SSSR count). The molecule has 14 heteroatoms. The Morgan fingerprint density at radius 3 is 1.05 bits per heavy atom. The molecule has 2 atom stereocenters. The third kappa shape index (κ3) is 9.13. The number of carbonyl (C=O) groups excluding carboxylic acids is 2. The number of anilines is 2. The molecule has 0 aliphatic carbocycles. The van der Waals surface area contributed by atoms with Gasteiger partial charge in [-0.2, -0.15) is 0 Å². The van der Waals surface area contributed by atoms with Gasteiger partial charge in [0.15, 0.2) is 0 Å². The van der Waals surface area contributed by atoms with E-state index < -0.39 is 46.3 Å². The molecule has 0 radical (unpaired) electrons. The zero-order valence-corrected chi connectivity index (χ0v) is 32.5. The number of aliphatic carboxylic acids is 2. The van der Waals surface area contributed by atoms with Crippen LogP contribution in [0.25, 0.3) is 0 Å². The normalized spacial score (nSPS) is 17.1. The molecular formula is C47H36F4N4O6. The first-order valence-corrected chi connectivity index (χ1v) is 18.6. The van der Waals surface area contributed by atoms with Gasteiger partial charge in [-0.25, -0.2) is 37.1 Å². The fraction of sp³-hybridized carbons (Fsp3) is 0.106.